The maximum atomic E-state index is 13.4. The maximum absolute atomic E-state index is 13.4. The van der Waals surface area contributed by atoms with Crippen LogP contribution in [-0.4, -0.2) is 32.7 Å². The molecule has 0 bridgehead atoms. The molecule has 1 rings (SSSR count). The summed E-state index contributed by atoms with van der Waals surface area (Å²) in [5.41, 5.74) is -0.0985. The number of sulfonamides is 1. The number of benzene rings is 1. The van der Waals surface area contributed by atoms with Crippen LogP contribution in [0.15, 0.2) is 18.2 Å². The van der Waals surface area contributed by atoms with Gasteiger partial charge in [0.1, 0.15) is 6.04 Å². The Kier molecular flexibility index (Phi) is 6.49. The Bertz CT molecular complexity index is 661. The topological polar surface area (TPSA) is 66.5 Å². The Balaban J connectivity index is 3.16. The molecular formula is C15H22F2N2O3S. The van der Waals surface area contributed by atoms with Gasteiger partial charge in [0.15, 0.2) is 11.6 Å². The molecule has 1 atom stereocenters. The third-order valence-electron chi connectivity index (χ3n) is 3.58. The minimum Gasteiger partial charge on any atom is -0.352 e. The molecule has 0 radical (unpaired) electrons. The zero-order chi connectivity index (χ0) is 17.8. The third-order valence-corrected chi connectivity index (χ3v) is 4.82. The van der Waals surface area contributed by atoms with Gasteiger partial charge in [-0.3, -0.25) is 9.10 Å². The second kappa shape index (κ2) is 7.72. The Morgan fingerprint density at radius 2 is 1.78 bits per heavy atom. The zero-order valence-electron chi connectivity index (χ0n) is 13.6. The fraction of sp³-hybridized carbons (Fsp3) is 0.533. The molecule has 1 amide bonds. The fourth-order valence-electron chi connectivity index (χ4n) is 2.25. The number of rotatable bonds is 7. The van der Waals surface area contributed by atoms with E-state index in [0.29, 0.717) is 12.8 Å². The van der Waals surface area contributed by atoms with E-state index >= 15 is 0 Å². The van der Waals surface area contributed by atoms with Crippen molar-refractivity contribution in [3.05, 3.63) is 29.8 Å². The van der Waals surface area contributed by atoms with E-state index in [2.05, 4.69) is 5.32 Å². The first-order valence-electron chi connectivity index (χ1n) is 7.36. The molecule has 0 spiro atoms. The quantitative estimate of drug-likeness (QED) is 0.823. The van der Waals surface area contributed by atoms with Gasteiger partial charge in [-0.15, -0.1) is 0 Å². The van der Waals surface area contributed by atoms with E-state index in [1.54, 1.807) is 0 Å². The second-order valence-electron chi connectivity index (χ2n) is 5.36. The van der Waals surface area contributed by atoms with Crippen molar-refractivity contribution in [1.29, 1.82) is 0 Å². The summed E-state index contributed by atoms with van der Waals surface area (Å²) in [6.45, 7) is 5.21. The minimum absolute atomic E-state index is 0.0729. The highest BCUT2D eigenvalue weighted by atomic mass is 32.2. The van der Waals surface area contributed by atoms with Gasteiger partial charge in [0.2, 0.25) is 15.9 Å². The van der Waals surface area contributed by atoms with E-state index in [-0.39, 0.29) is 11.7 Å². The summed E-state index contributed by atoms with van der Waals surface area (Å²) in [5, 5.41) is 2.75. The third kappa shape index (κ3) is 4.89. The molecular weight excluding hydrogens is 326 g/mol. The van der Waals surface area contributed by atoms with Crippen molar-refractivity contribution in [3.8, 4) is 0 Å². The van der Waals surface area contributed by atoms with Crippen LogP contribution in [0.5, 0.6) is 0 Å². The smallest absolute Gasteiger partial charge is 0.243 e. The molecule has 0 aromatic heterocycles. The molecule has 8 heteroatoms. The predicted octanol–water partition coefficient (Wildman–Crippen LogP) is 2.42. The molecule has 0 heterocycles. The highest BCUT2D eigenvalue weighted by Gasteiger charge is 2.30. The van der Waals surface area contributed by atoms with Gasteiger partial charge in [-0.2, -0.15) is 0 Å². The lowest BCUT2D eigenvalue weighted by Crippen LogP contribution is -2.50. The minimum atomic E-state index is -3.86. The summed E-state index contributed by atoms with van der Waals surface area (Å²) >= 11 is 0. The first kappa shape index (κ1) is 19.3. The van der Waals surface area contributed by atoms with Crippen LogP contribution >= 0.6 is 0 Å². The molecule has 130 valence electrons. The van der Waals surface area contributed by atoms with Gasteiger partial charge in [-0.05, 0) is 31.9 Å². The van der Waals surface area contributed by atoms with E-state index in [1.807, 2.05) is 13.8 Å². The number of hydrogen-bond donors (Lipinski definition) is 1. The van der Waals surface area contributed by atoms with E-state index in [9.17, 15) is 22.0 Å². The summed E-state index contributed by atoms with van der Waals surface area (Å²) in [6, 6.07) is 1.55. The van der Waals surface area contributed by atoms with Gasteiger partial charge in [0, 0.05) is 12.1 Å². The summed E-state index contributed by atoms with van der Waals surface area (Å²) in [7, 11) is -3.86. The molecule has 1 aromatic carbocycles. The molecule has 1 aromatic rings. The summed E-state index contributed by atoms with van der Waals surface area (Å²) in [5.74, 6) is -2.76. The van der Waals surface area contributed by atoms with Crippen LogP contribution in [0.1, 0.15) is 33.6 Å². The fourth-order valence-corrected chi connectivity index (χ4v) is 3.41. The number of carbonyl (C=O) groups excluding carboxylic acids is 1. The summed E-state index contributed by atoms with van der Waals surface area (Å²) in [4.78, 5) is 12.3. The molecule has 1 unspecified atom stereocenters. The first-order chi connectivity index (χ1) is 10.6. The van der Waals surface area contributed by atoms with E-state index in [4.69, 9.17) is 0 Å². The van der Waals surface area contributed by atoms with Crippen molar-refractivity contribution in [2.75, 3.05) is 10.6 Å². The molecule has 0 aliphatic heterocycles. The largest absolute Gasteiger partial charge is 0.352 e. The number of amides is 1. The molecule has 5 nitrogen and oxygen atoms in total. The van der Waals surface area contributed by atoms with Crippen molar-refractivity contribution < 1.29 is 22.0 Å². The van der Waals surface area contributed by atoms with Gasteiger partial charge < -0.3 is 5.32 Å². The van der Waals surface area contributed by atoms with Crippen LogP contribution in [0.2, 0.25) is 0 Å². The van der Waals surface area contributed by atoms with Crippen LogP contribution in [0.3, 0.4) is 0 Å². The number of nitrogens with one attached hydrogen (secondary N) is 1. The van der Waals surface area contributed by atoms with Crippen molar-refractivity contribution in [1.82, 2.24) is 5.32 Å². The second-order valence-corrected chi connectivity index (χ2v) is 7.21. The predicted molar refractivity (Wildman–Crippen MR) is 85.7 cm³/mol. The van der Waals surface area contributed by atoms with Crippen LogP contribution in [0.25, 0.3) is 0 Å². The van der Waals surface area contributed by atoms with Gasteiger partial charge in [0.05, 0.1) is 11.9 Å². The van der Waals surface area contributed by atoms with Crippen LogP contribution < -0.4 is 9.62 Å². The van der Waals surface area contributed by atoms with E-state index < -0.39 is 33.6 Å². The highest BCUT2D eigenvalue weighted by molar-refractivity contribution is 7.92. The number of hydrogen-bond acceptors (Lipinski definition) is 3. The lowest BCUT2D eigenvalue weighted by atomic mass is 10.1. The van der Waals surface area contributed by atoms with Gasteiger partial charge in [-0.25, -0.2) is 17.2 Å². The highest BCUT2D eigenvalue weighted by Crippen LogP contribution is 2.23. The maximum Gasteiger partial charge on any atom is 0.243 e. The molecule has 0 aliphatic carbocycles. The van der Waals surface area contributed by atoms with E-state index in [1.165, 1.54) is 6.92 Å². The summed E-state index contributed by atoms with van der Waals surface area (Å²) in [6.07, 6.45) is 2.33. The van der Waals surface area contributed by atoms with Crippen LogP contribution in [0.4, 0.5) is 14.5 Å². The Morgan fingerprint density at radius 3 is 2.22 bits per heavy atom. The summed E-state index contributed by atoms with van der Waals surface area (Å²) < 4.78 is 51.3. The number of halogens is 2. The molecule has 0 fully saturated rings. The first-order valence-corrected chi connectivity index (χ1v) is 9.21. The number of nitrogens with zero attached hydrogens (tertiary/aromatic N) is 1. The monoisotopic (exact) mass is 348 g/mol. The van der Waals surface area contributed by atoms with Crippen LogP contribution in [-0.2, 0) is 14.8 Å². The Hall–Kier alpha value is -1.70. The average Bonchev–Trinajstić information content (AvgIpc) is 2.46. The van der Waals surface area contributed by atoms with E-state index in [0.717, 1.165) is 28.8 Å². The van der Waals surface area contributed by atoms with Crippen molar-refractivity contribution in [3.63, 3.8) is 0 Å². The van der Waals surface area contributed by atoms with Crippen LogP contribution in [0, 0.1) is 11.6 Å². The normalized spacial score (nSPS) is 13.0. The lowest BCUT2D eigenvalue weighted by molar-refractivity contribution is -0.122. The molecule has 23 heavy (non-hydrogen) atoms. The molecule has 0 aliphatic rings. The number of anilines is 1. The van der Waals surface area contributed by atoms with Crippen molar-refractivity contribution >= 4 is 21.6 Å². The van der Waals surface area contributed by atoms with Crippen molar-refractivity contribution in [2.45, 2.75) is 45.7 Å². The lowest BCUT2D eigenvalue weighted by Gasteiger charge is -2.29. The zero-order valence-corrected chi connectivity index (χ0v) is 14.5. The van der Waals surface area contributed by atoms with Crippen molar-refractivity contribution in [2.24, 2.45) is 0 Å². The van der Waals surface area contributed by atoms with Gasteiger partial charge in [-0.1, -0.05) is 13.8 Å². The Labute approximate surface area is 135 Å². The Morgan fingerprint density at radius 1 is 1.22 bits per heavy atom. The average molecular weight is 348 g/mol. The molecule has 0 saturated carbocycles. The molecule has 1 N–H and O–H groups in total. The molecule has 0 saturated heterocycles. The van der Waals surface area contributed by atoms with Gasteiger partial charge in [0.25, 0.3) is 0 Å². The standard InChI is InChI=1S/C15H22F2N2O3S/c1-5-11(6-2)18-15(20)10(3)19(23(4,21)22)12-7-8-13(16)14(17)9-12/h7-11H,5-6H2,1-4H3,(H,18,20). The SMILES string of the molecule is CCC(CC)NC(=O)C(C)N(c1ccc(F)c(F)c1)S(C)(=O)=O. The number of carbonyl (C=O) groups is 1. The van der Waals surface area contributed by atoms with Gasteiger partial charge >= 0.3 is 0 Å².